The lowest BCUT2D eigenvalue weighted by Gasteiger charge is -2.10. The van der Waals surface area contributed by atoms with Crippen molar-refractivity contribution in [2.45, 2.75) is 31.6 Å². The van der Waals surface area contributed by atoms with Crippen molar-refractivity contribution in [1.29, 1.82) is 0 Å². The van der Waals surface area contributed by atoms with Gasteiger partial charge in [0.15, 0.2) is 0 Å². The maximum atomic E-state index is 12.3. The Hall–Kier alpha value is -2.15. The van der Waals surface area contributed by atoms with Gasteiger partial charge in [-0.15, -0.1) is 0 Å². The molecule has 0 radical (unpaired) electrons. The van der Waals surface area contributed by atoms with Crippen LogP contribution in [0.1, 0.15) is 25.4 Å². The SMILES string of the molecule is CCc1cc(NS(=O)(=O)c2ccc(N)cc2)nc(CC)n1. The Morgan fingerprint density at radius 1 is 1.10 bits per heavy atom. The lowest BCUT2D eigenvalue weighted by molar-refractivity contribution is 0.601. The van der Waals surface area contributed by atoms with Gasteiger partial charge in [-0.3, -0.25) is 4.72 Å². The zero-order chi connectivity index (χ0) is 15.5. The molecule has 2 aromatic rings. The number of nitrogens with one attached hydrogen (secondary N) is 1. The number of aromatic nitrogens is 2. The van der Waals surface area contributed by atoms with Gasteiger partial charge in [0.2, 0.25) is 0 Å². The van der Waals surface area contributed by atoms with Crippen LogP contribution in [0.3, 0.4) is 0 Å². The van der Waals surface area contributed by atoms with Crippen molar-refractivity contribution in [3.8, 4) is 0 Å². The molecule has 0 aliphatic rings. The van der Waals surface area contributed by atoms with E-state index in [9.17, 15) is 8.42 Å². The summed E-state index contributed by atoms with van der Waals surface area (Å²) >= 11 is 0. The summed E-state index contributed by atoms with van der Waals surface area (Å²) in [6.45, 7) is 3.88. The quantitative estimate of drug-likeness (QED) is 0.823. The minimum Gasteiger partial charge on any atom is -0.399 e. The average molecular weight is 306 g/mol. The van der Waals surface area contributed by atoms with Crippen LogP contribution < -0.4 is 10.5 Å². The Balaban J connectivity index is 2.34. The highest BCUT2D eigenvalue weighted by Gasteiger charge is 2.15. The van der Waals surface area contributed by atoms with Crippen molar-refractivity contribution in [2.24, 2.45) is 0 Å². The molecular weight excluding hydrogens is 288 g/mol. The smallest absolute Gasteiger partial charge is 0.263 e. The zero-order valence-corrected chi connectivity index (χ0v) is 12.8. The van der Waals surface area contributed by atoms with Crippen molar-refractivity contribution in [1.82, 2.24) is 9.97 Å². The van der Waals surface area contributed by atoms with E-state index in [1.807, 2.05) is 13.8 Å². The molecule has 0 aliphatic heterocycles. The third-order valence-electron chi connectivity index (χ3n) is 2.93. The fourth-order valence-electron chi connectivity index (χ4n) is 1.79. The summed E-state index contributed by atoms with van der Waals surface area (Å²) in [5.41, 5.74) is 6.88. The van der Waals surface area contributed by atoms with Crippen LogP contribution in [-0.2, 0) is 22.9 Å². The van der Waals surface area contributed by atoms with Gasteiger partial charge in [-0.05, 0) is 30.7 Å². The fourth-order valence-corrected chi connectivity index (χ4v) is 2.78. The van der Waals surface area contributed by atoms with Gasteiger partial charge in [-0.1, -0.05) is 13.8 Å². The summed E-state index contributed by atoms with van der Waals surface area (Å²) in [7, 11) is -3.68. The lowest BCUT2D eigenvalue weighted by atomic mass is 10.3. The van der Waals surface area contributed by atoms with Crippen molar-refractivity contribution in [3.63, 3.8) is 0 Å². The number of nitrogens with two attached hydrogens (primary N) is 1. The first-order valence-corrected chi connectivity index (χ1v) is 8.18. The van der Waals surface area contributed by atoms with Gasteiger partial charge < -0.3 is 5.73 Å². The van der Waals surface area contributed by atoms with Crippen LogP contribution in [0.5, 0.6) is 0 Å². The molecule has 0 fully saturated rings. The van der Waals surface area contributed by atoms with Crippen molar-refractivity contribution in [3.05, 3.63) is 41.9 Å². The summed E-state index contributed by atoms with van der Waals surface area (Å²) in [5, 5.41) is 0. The number of hydrogen-bond donors (Lipinski definition) is 2. The van der Waals surface area contributed by atoms with Gasteiger partial charge in [0.05, 0.1) is 4.90 Å². The van der Waals surface area contributed by atoms with E-state index < -0.39 is 10.0 Å². The van der Waals surface area contributed by atoms with E-state index in [1.165, 1.54) is 12.1 Å². The van der Waals surface area contributed by atoms with Crippen LogP contribution in [-0.4, -0.2) is 18.4 Å². The molecule has 6 nitrogen and oxygen atoms in total. The van der Waals surface area contributed by atoms with Crippen LogP contribution in [0.4, 0.5) is 11.5 Å². The molecule has 1 aromatic heterocycles. The summed E-state index contributed by atoms with van der Waals surface area (Å²) < 4.78 is 27.1. The molecule has 0 bridgehead atoms. The molecule has 112 valence electrons. The maximum absolute atomic E-state index is 12.3. The molecule has 1 aromatic carbocycles. The van der Waals surface area contributed by atoms with E-state index in [0.29, 0.717) is 24.4 Å². The van der Waals surface area contributed by atoms with Gasteiger partial charge >= 0.3 is 0 Å². The number of benzene rings is 1. The van der Waals surface area contributed by atoms with Gasteiger partial charge in [0, 0.05) is 23.9 Å². The average Bonchev–Trinajstić information content (AvgIpc) is 2.46. The van der Waals surface area contributed by atoms with E-state index in [0.717, 1.165) is 5.69 Å². The number of rotatable bonds is 5. The Bertz CT molecular complexity index is 705. The van der Waals surface area contributed by atoms with Crippen LogP contribution in [0.2, 0.25) is 0 Å². The number of sulfonamides is 1. The molecule has 3 N–H and O–H groups in total. The second-order valence-corrected chi connectivity index (χ2v) is 6.22. The standard InChI is InChI=1S/C14H18N4O2S/c1-3-11-9-14(17-13(4-2)16-11)18-21(19,20)12-7-5-10(15)6-8-12/h5-9H,3-4,15H2,1-2H3,(H,16,17,18). The molecule has 0 aliphatic carbocycles. The van der Waals surface area contributed by atoms with Gasteiger partial charge in [0.25, 0.3) is 10.0 Å². The van der Waals surface area contributed by atoms with Gasteiger partial charge in [0.1, 0.15) is 11.6 Å². The van der Waals surface area contributed by atoms with Crippen molar-refractivity contribution < 1.29 is 8.42 Å². The predicted octanol–water partition coefficient (Wildman–Crippen LogP) is 1.98. The third kappa shape index (κ3) is 3.69. The summed E-state index contributed by atoms with van der Waals surface area (Å²) in [4.78, 5) is 8.67. The molecule has 0 spiro atoms. The molecular formula is C14H18N4O2S. The molecule has 21 heavy (non-hydrogen) atoms. The normalized spacial score (nSPS) is 11.3. The molecule has 0 saturated heterocycles. The Kier molecular flexibility index (Phi) is 4.42. The van der Waals surface area contributed by atoms with Crippen molar-refractivity contribution in [2.75, 3.05) is 10.5 Å². The second kappa shape index (κ2) is 6.09. The summed E-state index contributed by atoms with van der Waals surface area (Å²) in [6, 6.07) is 7.65. The van der Waals surface area contributed by atoms with Crippen LogP contribution >= 0.6 is 0 Å². The highest BCUT2D eigenvalue weighted by Crippen LogP contribution is 2.17. The van der Waals surface area contributed by atoms with E-state index in [-0.39, 0.29) is 10.7 Å². The number of nitrogen functional groups attached to an aromatic ring is 1. The van der Waals surface area contributed by atoms with Crippen molar-refractivity contribution >= 4 is 21.5 Å². The third-order valence-corrected chi connectivity index (χ3v) is 4.30. The monoisotopic (exact) mass is 306 g/mol. The highest BCUT2D eigenvalue weighted by atomic mass is 32.2. The minimum absolute atomic E-state index is 0.145. The second-order valence-electron chi connectivity index (χ2n) is 4.54. The maximum Gasteiger partial charge on any atom is 0.263 e. The molecule has 1 heterocycles. The van der Waals surface area contributed by atoms with E-state index >= 15 is 0 Å². The van der Waals surface area contributed by atoms with E-state index in [2.05, 4.69) is 14.7 Å². The summed E-state index contributed by atoms with van der Waals surface area (Å²) in [6.07, 6.45) is 1.36. The van der Waals surface area contributed by atoms with Gasteiger partial charge in [-0.25, -0.2) is 18.4 Å². The first-order chi connectivity index (χ1) is 9.94. The summed E-state index contributed by atoms with van der Waals surface area (Å²) in [5.74, 6) is 0.903. The number of nitrogens with zero attached hydrogens (tertiary/aromatic N) is 2. The Morgan fingerprint density at radius 3 is 2.33 bits per heavy atom. The first-order valence-electron chi connectivity index (χ1n) is 6.69. The highest BCUT2D eigenvalue weighted by molar-refractivity contribution is 7.92. The lowest BCUT2D eigenvalue weighted by Crippen LogP contribution is -2.15. The largest absolute Gasteiger partial charge is 0.399 e. The van der Waals surface area contributed by atoms with Gasteiger partial charge in [-0.2, -0.15) is 0 Å². The number of aryl methyl sites for hydroxylation is 2. The number of anilines is 2. The number of hydrogen-bond acceptors (Lipinski definition) is 5. The first kappa shape index (κ1) is 15.2. The van der Waals surface area contributed by atoms with E-state index in [1.54, 1.807) is 18.2 Å². The minimum atomic E-state index is -3.68. The van der Waals surface area contributed by atoms with E-state index in [4.69, 9.17) is 5.73 Å². The predicted molar refractivity (Wildman–Crippen MR) is 82.5 cm³/mol. The molecule has 2 rings (SSSR count). The molecule has 0 unspecified atom stereocenters. The van der Waals surface area contributed by atoms with Crippen LogP contribution in [0, 0.1) is 0 Å². The topological polar surface area (TPSA) is 98.0 Å². The molecule has 0 saturated carbocycles. The molecule has 7 heteroatoms. The molecule has 0 amide bonds. The van der Waals surface area contributed by atoms with Crippen LogP contribution in [0.25, 0.3) is 0 Å². The zero-order valence-electron chi connectivity index (χ0n) is 12.0. The van der Waals surface area contributed by atoms with Crippen LogP contribution in [0.15, 0.2) is 35.2 Å². The fraction of sp³-hybridized carbons (Fsp3) is 0.286. The Morgan fingerprint density at radius 2 is 1.76 bits per heavy atom. The Labute approximate surface area is 124 Å². The molecule has 0 atom stereocenters.